The molecule has 0 aliphatic carbocycles. The van der Waals surface area contributed by atoms with E-state index < -0.39 is 6.03 Å². The van der Waals surface area contributed by atoms with Crippen LogP contribution in [-0.2, 0) is 0 Å². The highest BCUT2D eigenvalue weighted by molar-refractivity contribution is 5.99. The summed E-state index contributed by atoms with van der Waals surface area (Å²) in [5, 5.41) is 11.4. The SMILES string of the molecule is Cc1cc(=O)n(-c2ccc(NC(=O)Nc3ccc(-n4[nH]c(C)cc4=O)cc3)cc2)[nH]1. The second-order valence-corrected chi connectivity index (χ2v) is 6.90. The molecule has 4 N–H and O–H groups in total. The highest BCUT2D eigenvalue weighted by atomic mass is 16.2. The number of carbonyl (C=O) groups excluding carboxylic acids is 1. The van der Waals surface area contributed by atoms with Crippen molar-refractivity contribution in [2.24, 2.45) is 0 Å². The van der Waals surface area contributed by atoms with E-state index in [0.717, 1.165) is 11.4 Å². The lowest BCUT2D eigenvalue weighted by molar-refractivity contribution is 0.262. The number of aryl methyl sites for hydroxylation is 2. The molecule has 2 heterocycles. The summed E-state index contributed by atoms with van der Waals surface area (Å²) in [5.74, 6) is 0. The van der Waals surface area contributed by atoms with Crippen LogP contribution in [0, 0.1) is 13.8 Å². The Morgan fingerprint density at radius 2 is 1.07 bits per heavy atom. The highest BCUT2D eigenvalue weighted by Gasteiger charge is 2.07. The molecule has 2 aromatic carbocycles. The molecule has 0 saturated carbocycles. The van der Waals surface area contributed by atoms with Gasteiger partial charge in [-0.25, -0.2) is 14.2 Å². The fraction of sp³-hybridized carbons (Fsp3) is 0.0952. The molecular formula is C21H20N6O3. The minimum absolute atomic E-state index is 0.147. The third kappa shape index (κ3) is 3.95. The van der Waals surface area contributed by atoms with Crippen molar-refractivity contribution in [3.8, 4) is 11.4 Å². The molecule has 0 aliphatic rings. The molecule has 0 aliphatic heterocycles. The fourth-order valence-electron chi connectivity index (χ4n) is 3.09. The van der Waals surface area contributed by atoms with Crippen LogP contribution in [0.25, 0.3) is 11.4 Å². The van der Waals surface area contributed by atoms with Gasteiger partial charge in [0.25, 0.3) is 11.1 Å². The van der Waals surface area contributed by atoms with Gasteiger partial charge in [-0.15, -0.1) is 0 Å². The summed E-state index contributed by atoms with van der Waals surface area (Å²) < 4.78 is 2.86. The molecule has 9 nitrogen and oxygen atoms in total. The van der Waals surface area contributed by atoms with E-state index in [0.29, 0.717) is 22.7 Å². The van der Waals surface area contributed by atoms with E-state index in [1.165, 1.54) is 21.5 Å². The average Bonchev–Trinajstić information content (AvgIpc) is 3.23. The molecule has 0 radical (unpaired) electrons. The maximum Gasteiger partial charge on any atom is 0.323 e. The van der Waals surface area contributed by atoms with E-state index in [9.17, 15) is 14.4 Å². The number of anilines is 2. The number of urea groups is 1. The number of aromatic amines is 2. The molecule has 4 aromatic rings. The molecule has 0 spiro atoms. The lowest BCUT2D eigenvalue weighted by Gasteiger charge is -2.09. The van der Waals surface area contributed by atoms with Gasteiger partial charge in [-0.1, -0.05) is 0 Å². The number of H-pyrrole nitrogens is 2. The topological polar surface area (TPSA) is 117 Å². The van der Waals surface area contributed by atoms with Gasteiger partial charge in [0.1, 0.15) is 0 Å². The number of benzene rings is 2. The molecule has 0 unspecified atom stereocenters. The van der Waals surface area contributed by atoms with E-state index >= 15 is 0 Å². The lowest BCUT2D eigenvalue weighted by atomic mass is 10.2. The molecule has 152 valence electrons. The van der Waals surface area contributed by atoms with Crippen molar-refractivity contribution in [3.63, 3.8) is 0 Å². The van der Waals surface area contributed by atoms with Crippen molar-refractivity contribution in [2.45, 2.75) is 13.8 Å². The highest BCUT2D eigenvalue weighted by Crippen LogP contribution is 2.14. The van der Waals surface area contributed by atoms with E-state index in [2.05, 4.69) is 20.8 Å². The van der Waals surface area contributed by atoms with Crippen LogP contribution in [0.3, 0.4) is 0 Å². The Kier molecular flexibility index (Phi) is 4.85. The molecule has 0 bridgehead atoms. The number of nitrogens with zero attached hydrogens (tertiary/aromatic N) is 2. The normalized spacial score (nSPS) is 10.7. The van der Waals surface area contributed by atoms with Crippen LogP contribution in [0.15, 0.2) is 70.3 Å². The average molecular weight is 404 g/mol. The van der Waals surface area contributed by atoms with Crippen LogP contribution in [0.4, 0.5) is 16.2 Å². The summed E-state index contributed by atoms with van der Waals surface area (Å²) in [5.41, 5.74) is 3.74. The first-order chi connectivity index (χ1) is 14.4. The fourth-order valence-corrected chi connectivity index (χ4v) is 3.09. The Bertz CT molecular complexity index is 1200. The van der Waals surface area contributed by atoms with Crippen LogP contribution in [0.1, 0.15) is 11.4 Å². The molecule has 2 aromatic heterocycles. The first-order valence-corrected chi connectivity index (χ1v) is 9.25. The number of nitrogens with one attached hydrogen (secondary N) is 4. The summed E-state index contributed by atoms with van der Waals surface area (Å²) in [7, 11) is 0. The maximum atomic E-state index is 12.3. The van der Waals surface area contributed by atoms with Crippen molar-refractivity contribution in [3.05, 3.63) is 92.8 Å². The van der Waals surface area contributed by atoms with Crippen LogP contribution >= 0.6 is 0 Å². The van der Waals surface area contributed by atoms with Crippen LogP contribution < -0.4 is 21.8 Å². The smallest absolute Gasteiger partial charge is 0.308 e. The van der Waals surface area contributed by atoms with Gasteiger partial charge in [0.05, 0.1) is 11.4 Å². The van der Waals surface area contributed by atoms with E-state index in [-0.39, 0.29) is 11.1 Å². The Labute approximate surface area is 170 Å². The summed E-state index contributed by atoms with van der Waals surface area (Å²) in [6.07, 6.45) is 0. The van der Waals surface area contributed by atoms with Crippen LogP contribution in [0.2, 0.25) is 0 Å². The molecule has 0 fully saturated rings. The minimum atomic E-state index is -0.406. The summed E-state index contributed by atoms with van der Waals surface area (Å²) in [6, 6.07) is 16.4. The van der Waals surface area contributed by atoms with Gasteiger partial charge in [0.15, 0.2) is 0 Å². The zero-order valence-electron chi connectivity index (χ0n) is 16.4. The third-order valence-corrected chi connectivity index (χ3v) is 4.46. The standard InChI is InChI=1S/C21H20N6O3/c1-13-11-19(28)26(24-13)17-7-3-15(4-8-17)22-21(30)23-16-5-9-18(10-6-16)27-20(29)12-14(2)25-27/h3-12,24-25H,1-2H3,(H2,22,23,30). The van der Waals surface area contributed by atoms with Gasteiger partial charge in [-0.3, -0.25) is 19.8 Å². The summed E-state index contributed by atoms with van der Waals surface area (Å²) in [4.78, 5) is 36.0. The number of rotatable bonds is 4. The molecule has 9 heteroatoms. The van der Waals surface area contributed by atoms with Gasteiger partial charge in [0.2, 0.25) is 0 Å². The first-order valence-electron chi connectivity index (χ1n) is 9.25. The Hall–Kier alpha value is -4.27. The van der Waals surface area contributed by atoms with Gasteiger partial charge >= 0.3 is 6.03 Å². The number of aromatic nitrogens is 4. The predicted molar refractivity (Wildman–Crippen MR) is 115 cm³/mol. The zero-order valence-corrected chi connectivity index (χ0v) is 16.4. The molecular weight excluding hydrogens is 384 g/mol. The van der Waals surface area contributed by atoms with Crippen molar-refractivity contribution in [1.82, 2.24) is 19.6 Å². The Morgan fingerprint density at radius 3 is 1.37 bits per heavy atom. The second-order valence-electron chi connectivity index (χ2n) is 6.90. The monoisotopic (exact) mass is 404 g/mol. The van der Waals surface area contributed by atoms with Crippen molar-refractivity contribution < 1.29 is 4.79 Å². The van der Waals surface area contributed by atoms with E-state index in [1.807, 2.05) is 13.8 Å². The summed E-state index contributed by atoms with van der Waals surface area (Å²) in [6.45, 7) is 3.62. The van der Waals surface area contributed by atoms with Gasteiger partial charge in [0, 0.05) is 34.9 Å². The largest absolute Gasteiger partial charge is 0.323 e. The molecule has 0 atom stereocenters. The molecule has 0 saturated heterocycles. The third-order valence-electron chi connectivity index (χ3n) is 4.46. The number of hydrogen-bond donors (Lipinski definition) is 4. The van der Waals surface area contributed by atoms with Gasteiger partial charge in [-0.2, -0.15) is 0 Å². The van der Waals surface area contributed by atoms with Gasteiger partial charge < -0.3 is 10.6 Å². The van der Waals surface area contributed by atoms with Gasteiger partial charge in [-0.05, 0) is 62.4 Å². The molecule has 30 heavy (non-hydrogen) atoms. The van der Waals surface area contributed by atoms with Crippen molar-refractivity contribution in [1.29, 1.82) is 0 Å². The Morgan fingerprint density at radius 1 is 0.700 bits per heavy atom. The lowest BCUT2D eigenvalue weighted by Crippen LogP contribution is -2.20. The number of carbonyl (C=O) groups is 1. The van der Waals surface area contributed by atoms with E-state index in [4.69, 9.17) is 0 Å². The van der Waals surface area contributed by atoms with Crippen LogP contribution in [-0.4, -0.2) is 25.6 Å². The predicted octanol–water partition coefficient (Wildman–Crippen LogP) is 2.91. The summed E-state index contributed by atoms with van der Waals surface area (Å²) >= 11 is 0. The number of amides is 2. The quantitative estimate of drug-likeness (QED) is 0.419. The molecule has 4 rings (SSSR count). The zero-order chi connectivity index (χ0) is 21.3. The van der Waals surface area contributed by atoms with Crippen molar-refractivity contribution in [2.75, 3.05) is 10.6 Å². The second kappa shape index (κ2) is 7.63. The number of hydrogen-bond acceptors (Lipinski definition) is 3. The van der Waals surface area contributed by atoms with E-state index in [1.54, 1.807) is 48.5 Å². The Balaban J connectivity index is 1.41. The van der Waals surface area contributed by atoms with Crippen LogP contribution in [0.5, 0.6) is 0 Å². The minimum Gasteiger partial charge on any atom is -0.308 e. The van der Waals surface area contributed by atoms with Crippen molar-refractivity contribution >= 4 is 17.4 Å². The molecule has 2 amide bonds. The maximum absolute atomic E-state index is 12.3. The first kappa shape index (κ1) is 19.1.